The van der Waals surface area contributed by atoms with Crippen LogP contribution in [0.3, 0.4) is 0 Å². The van der Waals surface area contributed by atoms with Crippen molar-refractivity contribution in [2.45, 2.75) is 6.54 Å². The van der Waals surface area contributed by atoms with E-state index in [1.54, 1.807) is 36.4 Å². The predicted molar refractivity (Wildman–Crippen MR) is 105 cm³/mol. The average molecular weight is 445 g/mol. The van der Waals surface area contributed by atoms with E-state index in [1.165, 1.54) is 13.2 Å². The Bertz CT molecular complexity index is 1010. The van der Waals surface area contributed by atoms with Gasteiger partial charge in [-0.1, -0.05) is 34.1 Å². The van der Waals surface area contributed by atoms with Crippen molar-refractivity contribution in [3.05, 3.63) is 62.5 Å². The normalized spacial score (nSPS) is 15.3. The third-order valence-electron chi connectivity index (χ3n) is 3.92. The molecule has 3 rings (SSSR count). The Labute approximate surface area is 168 Å². The SMILES string of the molecule is COc1cc(Br)cc(/C=C2/SC(=O)N(Cc3ccccc3C#N)C2=O)c1O. The van der Waals surface area contributed by atoms with E-state index in [1.807, 2.05) is 0 Å². The van der Waals surface area contributed by atoms with Crippen LogP contribution in [0.15, 0.2) is 45.8 Å². The molecule has 27 heavy (non-hydrogen) atoms. The number of halogens is 1. The van der Waals surface area contributed by atoms with Gasteiger partial charge in [0.15, 0.2) is 11.5 Å². The van der Waals surface area contributed by atoms with Gasteiger partial charge < -0.3 is 9.84 Å². The molecule has 6 nitrogen and oxygen atoms in total. The lowest BCUT2D eigenvalue weighted by atomic mass is 10.1. The number of benzene rings is 2. The highest BCUT2D eigenvalue weighted by molar-refractivity contribution is 9.10. The van der Waals surface area contributed by atoms with Crippen LogP contribution in [-0.2, 0) is 11.3 Å². The molecule has 0 aliphatic carbocycles. The van der Waals surface area contributed by atoms with E-state index in [-0.39, 0.29) is 22.9 Å². The quantitative estimate of drug-likeness (QED) is 0.707. The Balaban J connectivity index is 1.92. The summed E-state index contributed by atoms with van der Waals surface area (Å²) in [6.07, 6.45) is 1.45. The lowest BCUT2D eigenvalue weighted by Crippen LogP contribution is -2.27. The summed E-state index contributed by atoms with van der Waals surface area (Å²) < 4.78 is 5.75. The minimum absolute atomic E-state index is 0.0134. The molecule has 0 saturated carbocycles. The van der Waals surface area contributed by atoms with Crippen molar-refractivity contribution in [2.24, 2.45) is 0 Å². The number of nitriles is 1. The summed E-state index contributed by atoms with van der Waals surface area (Å²) in [6, 6.07) is 12.1. The second-order valence-corrected chi connectivity index (χ2v) is 7.49. The Morgan fingerprint density at radius 3 is 2.78 bits per heavy atom. The molecule has 0 bridgehead atoms. The fraction of sp³-hybridized carbons (Fsp3) is 0.105. The molecule has 1 N–H and O–H groups in total. The standard InChI is InChI=1S/C19H13BrN2O4S/c1-26-15-8-14(20)6-13(17(15)23)7-16-18(24)22(19(25)27-16)10-12-5-3-2-4-11(12)9-21/h2-8,23H,10H2,1H3/b16-7+. The highest BCUT2D eigenvalue weighted by Crippen LogP contribution is 2.39. The van der Waals surface area contributed by atoms with Crippen LogP contribution in [0.1, 0.15) is 16.7 Å². The first-order valence-electron chi connectivity index (χ1n) is 7.74. The highest BCUT2D eigenvalue weighted by Gasteiger charge is 2.35. The topological polar surface area (TPSA) is 90.6 Å². The molecule has 2 aromatic carbocycles. The molecule has 1 aliphatic rings. The van der Waals surface area contributed by atoms with Gasteiger partial charge in [-0.2, -0.15) is 5.26 Å². The first kappa shape index (κ1) is 19.0. The second kappa shape index (κ2) is 7.86. The number of phenols is 1. The van der Waals surface area contributed by atoms with Crippen LogP contribution in [-0.4, -0.2) is 28.3 Å². The summed E-state index contributed by atoms with van der Waals surface area (Å²) in [5, 5.41) is 19.0. The lowest BCUT2D eigenvalue weighted by Gasteiger charge is -2.13. The molecular weight excluding hydrogens is 432 g/mol. The molecule has 2 amide bonds. The number of hydrogen-bond donors (Lipinski definition) is 1. The second-order valence-electron chi connectivity index (χ2n) is 5.58. The highest BCUT2D eigenvalue weighted by atomic mass is 79.9. The molecule has 136 valence electrons. The van der Waals surface area contributed by atoms with Gasteiger partial charge in [-0.3, -0.25) is 14.5 Å². The maximum absolute atomic E-state index is 12.7. The summed E-state index contributed by atoms with van der Waals surface area (Å²) in [5.74, 6) is -0.351. The lowest BCUT2D eigenvalue weighted by molar-refractivity contribution is -0.123. The van der Waals surface area contributed by atoms with E-state index >= 15 is 0 Å². The van der Waals surface area contributed by atoms with Crippen LogP contribution >= 0.6 is 27.7 Å². The summed E-state index contributed by atoms with van der Waals surface area (Å²) in [7, 11) is 1.42. The van der Waals surface area contributed by atoms with E-state index in [0.29, 0.717) is 21.2 Å². The monoisotopic (exact) mass is 444 g/mol. The summed E-state index contributed by atoms with van der Waals surface area (Å²) in [6.45, 7) is 0.0134. The number of imide groups is 1. The molecule has 0 unspecified atom stereocenters. The fourth-order valence-electron chi connectivity index (χ4n) is 2.58. The van der Waals surface area contributed by atoms with E-state index in [4.69, 9.17) is 4.74 Å². The number of nitrogens with zero attached hydrogens (tertiary/aromatic N) is 2. The number of hydrogen-bond acceptors (Lipinski definition) is 6. The van der Waals surface area contributed by atoms with Gasteiger partial charge in [-0.25, -0.2) is 0 Å². The molecule has 1 aliphatic heterocycles. The van der Waals surface area contributed by atoms with Crippen molar-refractivity contribution in [3.8, 4) is 17.6 Å². The number of amides is 2. The first-order valence-corrected chi connectivity index (χ1v) is 9.35. The summed E-state index contributed by atoms with van der Waals surface area (Å²) in [4.78, 5) is 26.3. The zero-order valence-corrected chi connectivity index (χ0v) is 16.5. The Morgan fingerprint density at radius 2 is 2.07 bits per heavy atom. The van der Waals surface area contributed by atoms with Crippen LogP contribution in [0, 0.1) is 11.3 Å². The third kappa shape index (κ3) is 3.84. The van der Waals surface area contributed by atoms with Gasteiger partial charge in [0.05, 0.1) is 30.2 Å². The van der Waals surface area contributed by atoms with Crippen molar-refractivity contribution in [1.82, 2.24) is 4.90 Å². The minimum atomic E-state index is -0.476. The van der Waals surface area contributed by atoms with E-state index < -0.39 is 11.1 Å². The van der Waals surface area contributed by atoms with Gasteiger partial charge in [0.2, 0.25) is 0 Å². The van der Waals surface area contributed by atoms with Crippen molar-refractivity contribution in [3.63, 3.8) is 0 Å². The maximum Gasteiger partial charge on any atom is 0.293 e. The first-order chi connectivity index (χ1) is 12.9. The van der Waals surface area contributed by atoms with Crippen molar-refractivity contribution in [1.29, 1.82) is 5.26 Å². The molecule has 2 aromatic rings. The summed E-state index contributed by atoms with van der Waals surface area (Å²) in [5.41, 5.74) is 1.36. The van der Waals surface area contributed by atoms with E-state index in [2.05, 4.69) is 22.0 Å². The zero-order chi connectivity index (χ0) is 19.6. The Hall–Kier alpha value is -2.76. The molecule has 0 radical (unpaired) electrons. The van der Waals surface area contributed by atoms with Gasteiger partial charge >= 0.3 is 0 Å². The molecule has 1 saturated heterocycles. The van der Waals surface area contributed by atoms with Crippen LogP contribution < -0.4 is 4.74 Å². The fourth-order valence-corrected chi connectivity index (χ4v) is 3.86. The zero-order valence-electron chi connectivity index (χ0n) is 14.1. The Kier molecular flexibility index (Phi) is 5.54. The molecule has 1 heterocycles. The number of rotatable bonds is 4. The molecule has 0 spiro atoms. The van der Waals surface area contributed by atoms with Crippen LogP contribution in [0.25, 0.3) is 6.08 Å². The predicted octanol–water partition coefficient (Wildman–Crippen LogP) is 4.27. The number of methoxy groups -OCH3 is 1. The van der Waals surface area contributed by atoms with Gasteiger partial charge in [0.25, 0.3) is 11.1 Å². The van der Waals surface area contributed by atoms with E-state index in [0.717, 1.165) is 16.7 Å². The number of phenolic OH excluding ortho intramolecular Hbond substituents is 1. The summed E-state index contributed by atoms with van der Waals surface area (Å²) >= 11 is 4.10. The van der Waals surface area contributed by atoms with Crippen molar-refractivity contribution >= 4 is 44.9 Å². The number of carbonyl (C=O) groups excluding carboxylic acids is 2. The van der Waals surface area contributed by atoms with Crippen molar-refractivity contribution < 1.29 is 19.4 Å². The van der Waals surface area contributed by atoms with Gasteiger partial charge in [0, 0.05) is 10.0 Å². The number of carbonyl (C=O) groups is 2. The van der Waals surface area contributed by atoms with Gasteiger partial charge in [-0.15, -0.1) is 0 Å². The van der Waals surface area contributed by atoms with Gasteiger partial charge in [0.1, 0.15) is 0 Å². The molecule has 0 atom stereocenters. The molecule has 1 fully saturated rings. The smallest absolute Gasteiger partial charge is 0.293 e. The number of ether oxygens (including phenoxy) is 1. The van der Waals surface area contributed by atoms with Crippen LogP contribution in [0.4, 0.5) is 4.79 Å². The minimum Gasteiger partial charge on any atom is -0.504 e. The number of thioether (sulfide) groups is 1. The van der Waals surface area contributed by atoms with Gasteiger partial charge in [-0.05, 0) is 41.6 Å². The molecular formula is C19H13BrN2O4S. The molecule has 8 heteroatoms. The van der Waals surface area contributed by atoms with Crippen LogP contribution in [0.2, 0.25) is 0 Å². The third-order valence-corrected chi connectivity index (χ3v) is 5.28. The van der Waals surface area contributed by atoms with Crippen LogP contribution in [0.5, 0.6) is 11.5 Å². The largest absolute Gasteiger partial charge is 0.504 e. The Morgan fingerprint density at radius 1 is 1.33 bits per heavy atom. The van der Waals surface area contributed by atoms with E-state index in [9.17, 15) is 20.0 Å². The maximum atomic E-state index is 12.7. The average Bonchev–Trinajstić information content (AvgIpc) is 2.92. The number of aromatic hydroxyl groups is 1. The van der Waals surface area contributed by atoms with Crippen molar-refractivity contribution in [2.75, 3.05) is 7.11 Å². The molecule has 0 aromatic heterocycles.